The Bertz CT molecular complexity index is 631. The van der Waals surface area contributed by atoms with Gasteiger partial charge in [-0.3, -0.25) is 9.69 Å². The van der Waals surface area contributed by atoms with E-state index in [1.165, 1.54) is 19.3 Å². The van der Waals surface area contributed by atoms with Crippen LogP contribution in [-0.4, -0.2) is 75.1 Å². The number of hydrogen-bond acceptors (Lipinski definition) is 6. The molecule has 0 bridgehead atoms. The summed E-state index contributed by atoms with van der Waals surface area (Å²) in [5.41, 5.74) is -1.20. The van der Waals surface area contributed by atoms with E-state index in [2.05, 4.69) is 20.2 Å². The Morgan fingerprint density at radius 3 is 2.52 bits per heavy atom. The predicted octanol–water partition coefficient (Wildman–Crippen LogP) is 1.51. The van der Waals surface area contributed by atoms with Crippen LogP contribution >= 0.6 is 0 Å². The van der Waals surface area contributed by atoms with Crippen LogP contribution in [0.4, 0.5) is 5.95 Å². The average Bonchev–Trinajstić information content (AvgIpc) is 2.64. The highest BCUT2D eigenvalue weighted by molar-refractivity contribution is 5.86. The Balaban J connectivity index is 1.27. The number of aromatic nitrogens is 2. The molecule has 0 unspecified atom stereocenters. The fourth-order valence-corrected chi connectivity index (χ4v) is 4.53. The number of carbonyl (C=O) groups is 1. The van der Waals surface area contributed by atoms with Gasteiger partial charge in [-0.2, -0.15) is 0 Å². The molecule has 27 heavy (non-hydrogen) atoms. The molecule has 148 valence electrons. The molecule has 1 aliphatic carbocycles. The summed E-state index contributed by atoms with van der Waals surface area (Å²) in [7, 11) is 0. The molecule has 3 heterocycles. The first-order valence-corrected chi connectivity index (χ1v) is 10.4. The molecule has 0 aromatic carbocycles. The number of nitrogens with one attached hydrogen (secondary N) is 1. The van der Waals surface area contributed by atoms with Gasteiger partial charge in [-0.15, -0.1) is 0 Å². The number of anilines is 1. The van der Waals surface area contributed by atoms with Crippen LogP contribution in [0.1, 0.15) is 44.9 Å². The van der Waals surface area contributed by atoms with Gasteiger partial charge in [0.1, 0.15) is 0 Å². The number of hydrogen-bond donors (Lipinski definition) is 2. The predicted molar refractivity (Wildman–Crippen MR) is 103 cm³/mol. The smallest absolute Gasteiger partial charge is 0.255 e. The molecule has 1 amide bonds. The number of nitrogens with zero attached hydrogens (tertiary/aromatic N) is 4. The second-order valence-corrected chi connectivity index (χ2v) is 8.45. The third kappa shape index (κ3) is 4.41. The van der Waals surface area contributed by atoms with Crippen molar-refractivity contribution in [1.29, 1.82) is 0 Å². The lowest BCUT2D eigenvalue weighted by Crippen LogP contribution is -2.60. The van der Waals surface area contributed by atoms with Gasteiger partial charge in [-0.25, -0.2) is 9.97 Å². The van der Waals surface area contributed by atoms with Crippen LogP contribution < -0.4 is 5.32 Å². The number of β-amino-alcohol motifs (C(OH)–C–C–N with tert-alkyl or cyclic N) is 1. The fourth-order valence-electron chi connectivity index (χ4n) is 4.53. The monoisotopic (exact) mass is 373 g/mol. The zero-order valence-corrected chi connectivity index (χ0v) is 16.0. The number of piperidine rings is 2. The molecular weight excluding hydrogens is 342 g/mol. The molecule has 3 aliphatic rings. The Morgan fingerprint density at radius 2 is 1.85 bits per heavy atom. The van der Waals surface area contributed by atoms with E-state index in [0.29, 0.717) is 30.9 Å². The van der Waals surface area contributed by atoms with Crippen molar-refractivity contribution in [3.8, 4) is 0 Å². The first-order valence-electron chi connectivity index (χ1n) is 10.4. The Morgan fingerprint density at radius 1 is 1.11 bits per heavy atom. The topological polar surface area (TPSA) is 81.6 Å². The van der Waals surface area contributed by atoms with Crippen molar-refractivity contribution < 1.29 is 9.90 Å². The maximum Gasteiger partial charge on any atom is 0.255 e. The molecule has 4 rings (SSSR count). The van der Waals surface area contributed by atoms with Gasteiger partial charge >= 0.3 is 0 Å². The molecule has 1 aromatic heterocycles. The molecule has 2 aliphatic heterocycles. The highest BCUT2D eigenvalue weighted by Crippen LogP contribution is 2.31. The number of rotatable bonds is 6. The molecule has 1 saturated carbocycles. The van der Waals surface area contributed by atoms with Crippen molar-refractivity contribution >= 4 is 11.9 Å². The summed E-state index contributed by atoms with van der Waals surface area (Å²) in [6.07, 6.45) is 10.6. The van der Waals surface area contributed by atoms with Crippen LogP contribution in [0.3, 0.4) is 0 Å². The van der Waals surface area contributed by atoms with Crippen molar-refractivity contribution in [2.75, 3.05) is 38.0 Å². The third-order valence-electron chi connectivity index (χ3n) is 6.38. The minimum Gasteiger partial charge on any atom is -0.379 e. The molecule has 2 N–H and O–H groups in total. The van der Waals surface area contributed by atoms with Crippen molar-refractivity contribution in [3.63, 3.8) is 0 Å². The minimum atomic E-state index is -1.20. The van der Waals surface area contributed by atoms with Crippen molar-refractivity contribution in [1.82, 2.24) is 19.8 Å². The van der Waals surface area contributed by atoms with Crippen LogP contribution in [0.2, 0.25) is 0 Å². The lowest BCUT2D eigenvalue weighted by atomic mass is 9.83. The summed E-state index contributed by atoms with van der Waals surface area (Å²) in [5.74, 6) is 1.28. The minimum absolute atomic E-state index is 0.0430. The van der Waals surface area contributed by atoms with Gasteiger partial charge in [-0.1, -0.05) is 6.42 Å². The Labute approximate surface area is 161 Å². The zero-order chi connectivity index (χ0) is 18.7. The van der Waals surface area contributed by atoms with Crippen molar-refractivity contribution in [2.24, 2.45) is 5.92 Å². The number of amides is 1. The lowest BCUT2D eigenvalue weighted by Gasteiger charge is -2.44. The van der Waals surface area contributed by atoms with Crippen LogP contribution in [0.15, 0.2) is 18.5 Å². The quantitative estimate of drug-likeness (QED) is 0.787. The zero-order valence-electron chi connectivity index (χ0n) is 16.0. The summed E-state index contributed by atoms with van der Waals surface area (Å²) in [6, 6.07) is 2.15. The van der Waals surface area contributed by atoms with Gasteiger partial charge in [0, 0.05) is 51.2 Å². The van der Waals surface area contributed by atoms with E-state index < -0.39 is 5.60 Å². The van der Waals surface area contributed by atoms with Gasteiger partial charge in [0.25, 0.3) is 5.91 Å². The first-order chi connectivity index (χ1) is 13.1. The van der Waals surface area contributed by atoms with Gasteiger partial charge in [-0.05, 0) is 50.5 Å². The first kappa shape index (κ1) is 18.6. The summed E-state index contributed by atoms with van der Waals surface area (Å²) < 4.78 is 0. The molecule has 0 spiro atoms. The normalized spacial score (nSPS) is 28.2. The Kier molecular flexibility index (Phi) is 5.59. The van der Waals surface area contributed by atoms with Crippen LogP contribution in [0.5, 0.6) is 0 Å². The summed E-state index contributed by atoms with van der Waals surface area (Å²) >= 11 is 0. The van der Waals surface area contributed by atoms with E-state index in [-0.39, 0.29) is 5.91 Å². The van der Waals surface area contributed by atoms with E-state index in [0.717, 1.165) is 45.4 Å². The number of aliphatic hydroxyl groups is 1. The Hall–Kier alpha value is -1.73. The molecule has 2 saturated heterocycles. The largest absolute Gasteiger partial charge is 0.379 e. The van der Waals surface area contributed by atoms with E-state index in [9.17, 15) is 9.90 Å². The van der Waals surface area contributed by atoms with E-state index in [4.69, 9.17) is 0 Å². The highest BCUT2D eigenvalue weighted by atomic mass is 16.3. The van der Waals surface area contributed by atoms with E-state index in [1.54, 1.807) is 12.4 Å². The molecule has 1 atom stereocenters. The molecule has 0 radical (unpaired) electrons. The highest BCUT2D eigenvalue weighted by Gasteiger charge is 2.44. The van der Waals surface area contributed by atoms with Gasteiger partial charge in [0.15, 0.2) is 5.60 Å². The molecule has 3 fully saturated rings. The fraction of sp³-hybridized carbons (Fsp3) is 0.750. The van der Waals surface area contributed by atoms with Crippen LogP contribution in [-0.2, 0) is 4.79 Å². The molecular formula is C20H31N5O2. The van der Waals surface area contributed by atoms with E-state index in [1.807, 2.05) is 11.0 Å². The number of likely N-dealkylation sites (tertiary alicyclic amines) is 2. The molecule has 7 heteroatoms. The summed E-state index contributed by atoms with van der Waals surface area (Å²) in [5, 5.41) is 14.5. The maximum atomic E-state index is 12.9. The number of carbonyl (C=O) groups excluding carboxylic acids is 1. The van der Waals surface area contributed by atoms with Gasteiger partial charge in [0.2, 0.25) is 5.95 Å². The van der Waals surface area contributed by atoms with E-state index >= 15 is 0 Å². The van der Waals surface area contributed by atoms with Crippen molar-refractivity contribution in [2.45, 2.75) is 56.6 Å². The standard InChI is InChI=1S/C20H31N5O2/c26-18-20(27,8-2-11-25(18)14-16-4-1-5-16)15-24-12-6-17(7-13-24)23-19-21-9-3-10-22-19/h3,9-10,16-17,27H,1-2,4-8,11-15H2,(H,21,22,23)/t20-/m0/s1. The third-order valence-corrected chi connectivity index (χ3v) is 6.38. The second kappa shape index (κ2) is 8.10. The molecule has 7 nitrogen and oxygen atoms in total. The SMILES string of the molecule is O=C1N(CC2CCC2)CCC[C@]1(O)CN1CCC(Nc2ncccn2)CC1. The average molecular weight is 374 g/mol. The second-order valence-electron chi connectivity index (χ2n) is 8.45. The maximum absolute atomic E-state index is 12.9. The molecule has 1 aromatic rings. The van der Waals surface area contributed by atoms with Crippen molar-refractivity contribution in [3.05, 3.63) is 18.5 Å². The summed E-state index contributed by atoms with van der Waals surface area (Å²) in [4.78, 5) is 25.5. The summed E-state index contributed by atoms with van der Waals surface area (Å²) in [6.45, 7) is 3.86. The van der Waals surface area contributed by atoms with Gasteiger partial charge < -0.3 is 15.3 Å². The lowest BCUT2D eigenvalue weighted by molar-refractivity contribution is -0.161. The van der Waals surface area contributed by atoms with Gasteiger partial charge in [0.05, 0.1) is 0 Å². The van der Waals surface area contributed by atoms with Crippen LogP contribution in [0, 0.1) is 5.92 Å². The van der Waals surface area contributed by atoms with Crippen LogP contribution in [0.25, 0.3) is 0 Å².